The van der Waals surface area contributed by atoms with Crippen LogP contribution in [0.1, 0.15) is 19.8 Å². The molecule has 0 atom stereocenters. The summed E-state index contributed by atoms with van der Waals surface area (Å²) < 4.78 is 0. The standard InChI is InChI=1S/C6H16N2S/c1-2-4-8(7)5-3-6-9/h9H,2-7H2,1H3. The van der Waals surface area contributed by atoms with Gasteiger partial charge in [-0.05, 0) is 18.6 Å². The molecule has 0 radical (unpaired) electrons. The second-order valence-electron chi connectivity index (χ2n) is 2.11. The van der Waals surface area contributed by atoms with Gasteiger partial charge in [-0.3, -0.25) is 5.84 Å². The predicted molar refractivity (Wildman–Crippen MR) is 44.5 cm³/mol. The van der Waals surface area contributed by atoms with Crippen LogP contribution in [-0.4, -0.2) is 23.9 Å². The van der Waals surface area contributed by atoms with Gasteiger partial charge in [-0.15, -0.1) is 0 Å². The third-order valence-electron chi connectivity index (χ3n) is 1.11. The summed E-state index contributed by atoms with van der Waals surface area (Å²) in [5.74, 6) is 6.50. The fraction of sp³-hybridized carbons (Fsp3) is 1.00. The summed E-state index contributed by atoms with van der Waals surface area (Å²) in [6, 6.07) is 0. The minimum Gasteiger partial charge on any atom is -0.269 e. The number of thiol groups is 1. The Hall–Kier alpha value is 0.270. The fourth-order valence-electron chi connectivity index (χ4n) is 0.673. The van der Waals surface area contributed by atoms with Crippen LogP contribution in [0, 0.1) is 0 Å². The lowest BCUT2D eigenvalue weighted by atomic mass is 10.4. The Morgan fingerprint density at radius 3 is 2.56 bits per heavy atom. The Balaban J connectivity index is 2.95. The Kier molecular flexibility index (Phi) is 6.58. The van der Waals surface area contributed by atoms with E-state index in [0.717, 1.165) is 31.7 Å². The highest BCUT2D eigenvalue weighted by Gasteiger charge is 1.93. The molecule has 0 heterocycles. The molecule has 2 N–H and O–H groups in total. The van der Waals surface area contributed by atoms with Crippen LogP contribution >= 0.6 is 12.6 Å². The van der Waals surface area contributed by atoms with E-state index < -0.39 is 0 Å². The zero-order valence-corrected chi connectivity index (χ0v) is 6.90. The molecular weight excluding hydrogens is 132 g/mol. The van der Waals surface area contributed by atoms with E-state index in [2.05, 4.69) is 19.6 Å². The van der Waals surface area contributed by atoms with Crippen molar-refractivity contribution in [3.8, 4) is 0 Å². The van der Waals surface area contributed by atoms with Gasteiger partial charge in [-0.1, -0.05) is 6.92 Å². The van der Waals surface area contributed by atoms with Gasteiger partial charge >= 0.3 is 0 Å². The van der Waals surface area contributed by atoms with Crippen LogP contribution in [0.25, 0.3) is 0 Å². The molecule has 0 saturated heterocycles. The molecule has 9 heavy (non-hydrogen) atoms. The number of rotatable bonds is 5. The minimum absolute atomic E-state index is 0.928. The van der Waals surface area contributed by atoms with Crippen LogP contribution in [-0.2, 0) is 0 Å². The van der Waals surface area contributed by atoms with Crippen molar-refractivity contribution in [2.45, 2.75) is 19.8 Å². The van der Waals surface area contributed by atoms with Crippen molar-refractivity contribution in [3.05, 3.63) is 0 Å². The van der Waals surface area contributed by atoms with Crippen molar-refractivity contribution in [3.63, 3.8) is 0 Å². The van der Waals surface area contributed by atoms with Crippen molar-refractivity contribution in [1.29, 1.82) is 0 Å². The van der Waals surface area contributed by atoms with E-state index >= 15 is 0 Å². The molecule has 0 aromatic rings. The van der Waals surface area contributed by atoms with Gasteiger partial charge in [0, 0.05) is 13.1 Å². The number of hydrazine groups is 1. The van der Waals surface area contributed by atoms with Crippen LogP contribution in [0.2, 0.25) is 0 Å². The van der Waals surface area contributed by atoms with Crippen molar-refractivity contribution in [1.82, 2.24) is 5.01 Å². The summed E-state index contributed by atoms with van der Waals surface area (Å²) in [4.78, 5) is 0. The molecule has 3 heteroatoms. The summed E-state index contributed by atoms with van der Waals surface area (Å²) in [6.45, 7) is 4.09. The number of hydrogen-bond donors (Lipinski definition) is 2. The predicted octanol–water partition coefficient (Wildman–Crippen LogP) is 0.892. The summed E-state index contributed by atoms with van der Waals surface area (Å²) in [7, 11) is 0. The third-order valence-corrected chi connectivity index (χ3v) is 1.43. The SMILES string of the molecule is CCCN(N)CCCS. The second kappa shape index (κ2) is 6.39. The molecule has 0 aliphatic carbocycles. The maximum atomic E-state index is 5.57. The molecule has 0 aromatic heterocycles. The summed E-state index contributed by atoms with van der Waals surface area (Å²) in [5.41, 5.74) is 0. The molecule has 0 spiro atoms. The average Bonchev–Trinajstić information content (AvgIpc) is 1.85. The second-order valence-corrected chi connectivity index (χ2v) is 2.56. The van der Waals surface area contributed by atoms with Gasteiger partial charge in [0.1, 0.15) is 0 Å². The molecular formula is C6H16N2S. The molecule has 0 fully saturated rings. The molecule has 0 unspecified atom stereocenters. The van der Waals surface area contributed by atoms with Crippen LogP contribution in [0.5, 0.6) is 0 Å². The Bertz CT molecular complexity index is 59.0. The number of nitrogens with zero attached hydrogens (tertiary/aromatic N) is 1. The van der Waals surface area contributed by atoms with E-state index in [-0.39, 0.29) is 0 Å². The summed E-state index contributed by atoms with van der Waals surface area (Å²) >= 11 is 4.08. The fourth-order valence-corrected chi connectivity index (χ4v) is 0.814. The van der Waals surface area contributed by atoms with Crippen molar-refractivity contribution < 1.29 is 0 Å². The van der Waals surface area contributed by atoms with Crippen LogP contribution in [0.3, 0.4) is 0 Å². The molecule has 0 rings (SSSR count). The highest BCUT2D eigenvalue weighted by molar-refractivity contribution is 7.80. The van der Waals surface area contributed by atoms with Crippen LogP contribution < -0.4 is 5.84 Å². The smallest absolute Gasteiger partial charge is 0.0136 e. The van der Waals surface area contributed by atoms with Crippen LogP contribution in [0.15, 0.2) is 0 Å². The Labute approximate surface area is 62.8 Å². The maximum absolute atomic E-state index is 5.57. The van der Waals surface area contributed by atoms with E-state index in [1.165, 1.54) is 0 Å². The highest BCUT2D eigenvalue weighted by atomic mass is 32.1. The van der Waals surface area contributed by atoms with Crippen molar-refractivity contribution in [2.75, 3.05) is 18.8 Å². The summed E-state index contributed by atoms with van der Waals surface area (Å²) in [6.07, 6.45) is 2.21. The van der Waals surface area contributed by atoms with E-state index in [0.29, 0.717) is 0 Å². The monoisotopic (exact) mass is 148 g/mol. The molecule has 2 nitrogen and oxygen atoms in total. The lowest BCUT2D eigenvalue weighted by Crippen LogP contribution is -2.32. The Morgan fingerprint density at radius 2 is 2.11 bits per heavy atom. The molecule has 0 aromatic carbocycles. The minimum atomic E-state index is 0.928. The third kappa shape index (κ3) is 6.15. The van der Waals surface area contributed by atoms with Crippen molar-refractivity contribution in [2.24, 2.45) is 5.84 Å². The molecule has 0 amide bonds. The first-order chi connectivity index (χ1) is 4.31. The molecule has 0 bridgehead atoms. The topological polar surface area (TPSA) is 29.3 Å². The van der Waals surface area contributed by atoms with E-state index in [1.54, 1.807) is 0 Å². The van der Waals surface area contributed by atoms with Gasteiger partial charge in [-0.2, -0.15) is 12.6 Å². The number of nitrogens with two attached hydrogens (primary N) is 1. The Morgan fingerprint density at radius 1 is 1.44 bits per heavy atom. The van der Waals surface area contributed by atoms with Gasteiger partial charge in [0.15, 0.2) is 0 Å². The van der Waals surface area contributed by atoms with Gasteiger partial charge in [0.25, 0.3) is 0 Å². The first kappa shape index (κ1) is 9.27. The van der Waals surface area contributed by atoms with Gasteiger partial charge in [0.05, 0.1) is 0 Å². The van der Waals surface area contributed by atoms with Gasteiger partial charge in [-0.25, -0.2) is 5.01 Å². The highest BCUT2D eigenvalue weighted by Crippen LogP contribution is 1.87. The van der Waals surface area contributed by atoms with Gasteiger partial charge in [0.2, 0.25) is 0 Å². The van der Waals surface area contributed by atoms with E-state index in [1.807, 2.05) is 5.01 Å². The molecule has 0 aliphatic rings. The quantitative estimate of drug-likeness (QED) is 0.344. The van der Waals surface area contributed by atoms with Crippen LogP contribution in [0.4, 0.5) is 0 Å². The molecule has 0 aliphatic heterocycles. The lowest BCUT2D eigenvalue weighted by Gasteiger charge is -2.13. The zero-order valence-electron chi connectivity index (χ0n) is 6.01. The largest absolute Gasteiger partial charge is 0.269 e. The summed E-state index contributed by atoms with van der Waals surface area (Å²) in [5, 5.41) is 1.84. The molecule has 56 valence electrons. The van der Waals surface area contributed by atoms with Crippen molar-refractivity contribution >= 4 is 12.6 Å². The van der Waals surface area contributed by atoms with Gasteiger partial charge < -0.3 is 0 Å². The maximum Gasteiger partial charge on any atom is 0.0136 e. The normalized spacial score (nSPS) is 10.7. The zero-order chi connectivity index (χ0) is 7.11. The number of hydrogen-bond acceptors (Lipinski definition) is 3. The first-order valence-corrected chi connectivity index (χ1v) is 4.05. The average molecular weight is 148 g/mol. The first-order valence-electron chi connectivity index (χ1n) is 3.41. The van der Waals surface area contributed by atoms with E-state index in [9.17, 15) is 0 Å². The van der Waals surface area contributed by atoms with E-state index in [4.69, 9.17) is 5.84 Å². The molecule has 0 saturated carbocycles. The lowest BCUT2D eigenvalue weighted by molar-refractivity contribution is 0.285.